The van der Waals surface area contributed by atoms with Crippen LogP contribution in [0.1, 0.15) is 17.9 Å². The zero-order chi connectivity index (χ0) is 17.5. The van der Waals surface area contributed by atoms with Crippen LogP contribution in [0.3, 0.4) is 0 Å². The Morgan fingerprint density at radius 3 is 2.83 bits per heavy atom. The summed E-state index contributed by atoms with van der Waals surface area (Å²) in [6.07, 6.45) is 3.29. The van der Waals surface area contributed by atoms with Crippen molar-refractivity contribution in [2.24, 2.45) is 0 Å². The largest absolute Gasteiger partial charge is 0.469 e. The van der Waals surface area contributed by atoms with Crippen molar-refractivity contribution in [3.8, 4) is 0 Å². The molecule has 0 radical (unpaired) electrons. The van der Waals surface area contributed by atoms with Gasteiger partial charge >= 0.3 is 5.97 Å². The molecule has 5 nitrogen and oxygen atoms in total. The number of carbonyl (C=O) groups excluding carboxylic acids is 2. The molecule has 2 rings (SSSR count). The monoisotopic (exact) mass is 351 g/mol. The summed E-state index contributed by atoms with van der Waals surface area (Å²) in [7, 11) is 1.32. The second-order valence-corrected chi connectivity index (χ2v) is 5.26. The Balaban J connectivity index is 1.91. The highest BCUT2D eigenvalue weighted by Crippen LogP contribution is 2.19. The molecular formula is C17H15ClFNO4. The number of amides is 1. The van der Waals surface area contributed by atoms with Gasteiger partial charge in [0.15, 0.2) is 0 Å². The average molecular weight is 352 g/mol. The fourth-order valence-corrected chi connectivity index (χ4v) is 2.03. The lowest BCUT2D eigenvalue weighted by atomic mass is 10.2. The number of benzene rings is 1. The summed E-state index contributed by atoms with van der Waals surface area (Å²) in [4.78, 5) is 22.8. The van der Waals surface area contributed by atoms with Crippen LogP contribution in [0, 0.1) is 5.82 Å². The lowest BCUT2D eigenvalue weighted by Gasteiger charge is -2.03. The number of anilines is 1. The van der Waals surface area contributed by atoms with Crippen molar-refractivity contribution in [1.29, 1.82) is 0 Å². The first-order valence-corrected chi connectivity index (χ1v) is 7.45. The normalized spacial score (nSPS) is 10.8. The van der Waals surface area contributed by atoms with E-state index in [9.17, 15) is 14.0 Å². The Morgan fingerprint density at radius 1 is 1.33 bits per heavy atom. The van der Waals surface area contributed by atoms with Crippen molar-refractivity contribution in [2.75, 3.05) is 12.4 Å². The maximum atomic E-state index is 13.6. The third kappa shape index (κ3) is 5.24. The average Bonchev–Trinajstić information content (AvgIpc) is 3.01. The fourth-order valence-electron chi connectivity index (χ4n) is 1.87. The Labute approximate surface area is 143 Å². The van der Waals surface area contributed by atoms with E-state index in [0.29, 0.717) is 17.9 Å². The van der Waals surface area contributed by atoms with Gasteiger partial charge in [-0.2, -0.15) is 0 Å². The standard InChI is InChI=1S/C17H15ClFNO4/c1-23-17(22)9-6-13-4-3-12(24-13)5-8-16(21)20-15-7-2-11(18)10-14(15)19/h2-5,7-8,10H,6,9H2,1H3,(H,20,21)/b8-5+. The summed E-state index contributed by atoms with van der Waals surface area (Å²) in [6.45, 7) is 0. The molecule has 126 valence electrons. The number of methoxy groups -OCH3 is 1. The number of aryl methyl sites for hydroxylation is 1. The summed E-state index contributed by atoms with van der Waals surface area (Å²) < 4.78 is 23.6. The molecule has 1 heterocycles. The van der Waals surface area contributed by atoms with E-state index in [4.69, 9.17) is 16.0 Å². The van der Waals surface area contributed by atoms with Crippen LogP contribution in [-0.4, -0.2) is 19.0 Å². The van der Waals surface area contributed by atoms with Crippen LogP contribution in [0.2, 0.25) is 5.02 Å². The van der Waals surface area contributed by atoms with Crippen molar-refractivity contribution >= 4 is 35.2 Å². The number of halogens is 2. The molecule has 0 atom stereocenters. The first-order chi connectivity index (χ1) is 11.5. The summed E-state index contributed by atoms with van der Waals surface area (Å²) in [6, 6.07) is 7.34. The van der Waals surface area contributed by atoms with Gasteiger partial charge in [0, 0.05) is 17.5 Å². The van der Waals surface area contributed by atoms with Crippen LogP contribution in [0.5, 0.6) is 0 Å². The second kappa shape index (κ2) is 8.31. The van der Waals surface area contributed by atoms with E-state index >= 15 is 0 Å². The topological polar surface area (TPSA) is 68.5 Å². The highest BCUT2D eigenvalue weighted by atomic mass is 35.5. The van der Waals surface area contributed by atoms with E-state index < -0.39 is 11.7 Å². The van der Waals surface area contributed by atoms with E-state index in [2.05, 4.69) is 10.1 Å². The molecule has 0 saturated carbocycles. The molecule has 0 unspecified atom stereocenters. The quantitative estimate of drug-likeness (QED) is 0.634. The van der Waals surface area contributed by atoms with Gasteiger partial charge in [-0.15, -0.1) is 0 Å². The van der Waals surface area contributed by atoms with Gasteiger partial charge in [0.25, 0.3) is 0 Å². The molecule has 1 amide bonds. The molecule has 0 fully saturated rings. The summed E-state index contributed by atoms with van der Waals surface area (Å²) in [5, 5.41) is 2.65. The van der Waals surface area contributed by atoms with Gasteiger partial charge in [-0.05, 0) is 36.4 Å². The molecule has 1 aromatic carbocycles. The van der Waals surface area contributed by atoms with Gasteiger partial charge in [0.2, 0.25) is 5.91 Å². The molecule has 24 heavy (non-hydrogen) atoms. The van der Waals surface area contributed by atoms with Gasteiger partial charge in [-0.3, -0.25) is 9.59 Å². The summed E-state index contributed by atoms with van der Waals surface area (Å²) >= 11 is 5.64. The molecule has 0 spiro atoms. The zero-order valence-electron chi connectivity index (χ0n) is 12.8. The van der Waals surface area contributed by atoms with Crippen molar-refractivity contribution in [3.05, 3.63) is 58.8 Å². The fraction of sp³-hybridized carbons (Fsp3) is 0.176. The van der Waals surface area contributed by atoms with Gasteiger partial charge in [0.1, 0.15) is 17.3 Å². The minimum atomic E-state index is -0.618. The number of hydrogen-bond donors (Lipinski definition) is 1. The number of rotatable bonds is 6. The van der Waals surface area contributed by atoms with Crippen molar-refractivity contribution in [1.82, 2.24) is 0 Å². The molecule has 1 N–H and O–H groups in total. The van der Waals surface area contributed by atoms with Crippen molar-refractivity contribution in [3.63, 3.8) is 0 Å². The minimum Gasteiger partial charge on any atom is -0.469 e. The van der Waals surface area contributed by atoms with E-state index in [1.165, 1.54) is 31.4 Å². The third-order valence-corrected chi connectivity index (χ3v) is 3.31. The number of esters is 1. The van der Waals surface area contributed by atoms with Gasteiger partial charge in [-0.1, -0.05) is 11.6 Å². The number of nitrogens with one attached hydrogen (secondary N) is 1. The Kier molecular flexibility index (Phi) is 6.14. The number of hydrogen-bond acceptors (Lipinski definition) is 4. The molecule has 0 saturated heterocycles. The first kappa shape index (κ1) is 17.7. The smallest absolute Gasteiger partial charge is 0.305 e. The number of furan rings is 1. The third-order valence-electron chi connectivity index (χ3n) is 3.07. The molecule has 1 aromatic heterocycles. The predicted octanol–water partition coefficient (Wildman–Crippen LogP) is 3.83. The molecule has 2 aromatic rings. The molecule has 7 heteroatoms. The lowest BCUT2D eigenvalue weighted by molar-refractivity contribution is -0.140. The van der Waals surface area contributed by atoms with Gasteiger partial charge in [-0.25, -0.2) is 4.39 Å². The SMILES string of the molecule is COC(=O)CCc1ccc(/C=C/C(=O)Nc2ccc(Cl)cc2F)o1. The van der Waals surface area contributed by atoms with Crippen LogP contribution in [0.4, 0.5) is 10.1 Å². The molecule has 0 aliphatic carbocycles. The molecule has 0 aliphatic rings. The first-order valence-electron chi connectivity index (χ1n) is 7.07. The highest BCUT2D eigenvalue weighted by Gasteiger charge is 2.07. The van der Waals surface area contributed by atoms with Crippen LogP contribution >= 0.6 is 11.6 Å². The van der Waals surface area contributed by atoms with Gasteiger partial charge < -0.3 is 14.5 Å². The van der Waals surface area contributed by atoms with Gasteiger partial charge in [0.05, 0.1) is 19.2 Å². The number of ether oxygens (including phenoxy) is 1. The highest BCUT2D eigenvalue weighted by molar-refractivity contribution is 6.30. The van der Waals surface area contributed by atoms with E-state index in [0.717, 1.165) is 6.07 Å². The second-order valence-electron chi connectivity index (χ2n) is 4.83. The summed E-state index contributed by atoms with van der Waals surface area (Å²) in [5.41, 5.74) is 0.0345. The van der Waals surface area contributed by atoms with Crippen LogP contribution in [-0.2, 0) is 20.7 Å². The molecule has 0 aliphatic heterocycles. The van der Waals surface area contributed by atoms with E-state index in [-0.39, 0.29) is 23.1 Å². The van der Waals surface area contributed by atoms with E-state index in [1.54, 1.807) is 12.1 Å². The van der Waals surface area contributed by atoms with Crippen molar-refractivity contribution < 1.29 is 23.1 Å². The minimum absolute atomic E-state index is 0.0345. The maximum Gasteiger partial charge on any atom is 0.305 e. The maximum absolute atomic E-state index is 13.6. The molecule has 0 bridgehead atoms. The molecular weight excluding hydrogens is 337 g/mol. The predicted molar refractivity (Wildman–Crippen MR) is 88.1 cm³/mol. The summed E-state index contributed by atoms with van der Waals surface area (Å²) in [5.74, 6) is -0.408. The Bertz CT molecular complexity index is 770. The van der Waals surface area contributed by atoms with Crippen LogP contribution < -0.4 is 5.32 Å². The Morgan fingerprint density at radius 2 is 2.12 bits per heavy atom. The zero-order valence-corrected chi connectivity index (χ0v) is 13.6. The number of carbonyl (C=O) groups is 2. The Hall–Kier alpha value is -2.60. The van der Waals surface area contributed by atoms with E-state index in [1.807, 2.05) is 0 Å². The lowest BCUT2D eigenvalue weighted by Crippen LogP contribution is -2.09. The van der Waals surface area contributed by atoms with Crippen LogP contribution in [0.25, 0.3) is 6.08 Å². The van der Waals surface area contributed by atoms with Crippen molar-refractivity contribution in [2.45, 2.75) is 12.8 Å². The van der Waals surface area contributed by atoms with Crippen LogP contribution in [0.15, 0.2) is 40.8 Å².